The third-order valence-electron chi connectivity index (χ3n) is 16.4. The van der Waals surface area contributed by atoms with Gasteiger partial charge in [-0.2, -0.15) is 0 Å². The summed E-state index contributed by atoms with van der Waals surface area (Å²) in [5.74, 6) is 0. The van der Waals surface area contributed by atoms with E-state index in [1.54, 1.807) is 0 Å². The Hall–Kier alpha value is -7.76. The van der Waals surface area contributed by atoms with Crippen molar-refractivity contribution in [2.24, 2.45) is 0 Å². The summed E-state index contributed by atoms with van der Waals surface area (Å²) in [6.07, 6.45) is 0. The Morgan fingerprint density at radius 3 is 1.04 bits per heavy atom. The van der Waals surface area contributed by atoms with Crippen molar-refractivity contribution < 1.29 is 0 Å². The van der Waals surface area contributed by atoms with Crippen LogP contribution in [0, 0.1) is 0 Å². The Kier molecular flexibility index (Phi) is 10.3. The summed E-state index contributed by atoms with van der Waals surface area (Å²) in [5, 5.41) is 5.11. The highest BCUT2D eigenvalue weighted by molar-refractivity contribution is 7.00. The van der Waals surface area contributed by atoms with Crippen molar-refractivity contribution >= 4 is 101 Å². The first kappa shape index (κ1) is 47.0. The van der Waals surface area contributed by atoms with Crippen LogP contribution in [0.3, 0.4) is 0 Å². The monoisotopic (exact) mass is 975 g/mol. The Bertz CT molecular complexity index is 3870. The molecule has 0 atom stereocenters. The molecule has 5 heteroatoms. The van der Waals surface area contributed by atoms with E-state index in [0.29, 0.717) is 0 Å². The maximum absolute atomic E-state index is 2.62. The lowest BCUT2D eigenvalue weighted by Crippen LogP contribution is -2.61. The van der Waals surface area contributed by atoms with Gasteiger partial charge in [0.2, 0.25) is 0 Å². The third kappa shape index (κ3) is 7.10. The van der Waals surface area contributed by atoms with Gasteiger partial charge in [-0.05, 0) is 121 Å². The lowest BCUT2D eigenvalue weighted by atomic mass is 9.33. The molecule has 2 aliphatic rings. The van der Waals surface area contributed by atoms with Gasteiger partial charge >= 0.3 is 0 Å². The van der Waals surface area contributed by atoms with E-state index in [1.807, 2.05) is 0 Å². The summed E-state index contributed by atoms with van der Waals surface area (Å²) in [7, 11) is 0. The molecule has 13 rings (SSSR count). The topological polar surface area (TPSA) is 16.3 Å². The molecule has 0 spiro atoms. The standard InChI is InChI=1S/C70H67BN4/c1-67(2,3)50-28-15-19-34-58(50)74-60-36-23-37-61-64(60)71(54-40-38-44(42-62(54)74)72-56-32-17-13-24-46(56)48-26-21-30-52(65(48)72)69(7,8)9)55-41-39-45(43-63(55)75(61)59-35-20-16-29-51(59)68(4,5)6)73-57-33-18-14-25-47(57)49-27-22-31-53(66(49)73)70(10,11)12/h13-43H,1-12H3. The smallest absolute Gasteiger partial charge is 0.252 e. The molecule has 0 unspecified atom stereocenters. The third-order valence-corrected chi connectivity index (χ3v) is 16.4. The highest BCUT2D eigenvalue weighted by atomic mass is 15.2. The summed E-state index contributed by atoms with van der Waals surface area (Å²) in [6.45, 7) is 28.1. The van der Waals surface area contributed by atoms with Gasteiger partial charge in [-0.3, -0.25) is 0 Å². The minimum Gasteiger partial charge on any atom is -0.311 e. The highest BCUT2D eigenvalue weighted by Crippen LogP contribution is 2.50. The molecule has 4 nitrogen and oxygen atoms in total. The second-order valence-electron chi connectivity index (χ2n) is 25.4. The molecule has 0 aliphatic carbocycles. The molecule has 4 heterocycles. The molecule has 75 heavy (non-hydrogen) atoms. The molecule has 2 aromatic heterocycles. The maximum atomic E-state index is 2.62. The molecule has 0 saturated heterocycles. The number of rotatable bonds is 4. The molecule has 370 valence electrons. The second kappa shape index (κ2) is 16.4. The van der Waals surface area contributed by atoms with E-state index in [2.05, 4.69) is 290 Å². The summed E-state index contributed by atoms with van der Waals surface area (Å²) < 4.78 is 5.10. The number of aromatic nitrogens is 2. The summed E-state index contributed by atoms with van der Waals surface area (Å²) in [4.78, 5) is 5.24. The molecule has 0 amide bonds. The van der Waals surface area contributed by atoms with E-state index < -0.39 is 0 Å². The number of anilines is 6. The molecule has 11 aromatic rings. The minimum absolute atomic E-state index is 0.0630. The van der Waals surface area contributed by atoms with Crippen LogP contribution in [-0.2, 0) is 21.7 Å². The van der Waals surface area contributed by atoms with E-state index in [1.165, 1.54) is 116 Å². The van der Waals surface area contributed by atoms with Crippen LogP contribution in [0.2, 0.25) is 0 Å². The number of nitrogens with zero attached hydrogens (tertiary/aromatic N) is 4. The minimum atomic E-state index is -0.130. The second-order valence-corrected chi connectivity index (χ2v) is 25.4. The number of benzene rings is 9. The SMILES string of the molecule is CC(C)(C)c1ccccc1N1c2cc(-n3c4ccccc4c4cccc(C(C)(C)C)c43)ccc2B2c3ccc(-n4c5ccccc5c5cccc(C(C)(C)C)c54)cc3N(c3ccccc3C(C)(C)C)c3cccc1c32. The lowest BCUT2D eigenvalue weighted by Gasteiger charge is -2.45. The predicted octanol–water partition coefficient (Wildman–Crippen LogP) is 17.2. The average molecular weight is 975 g/mol. The molecule has 0 radical (unpaired) electrons. The molecular weight excluding hydrogens is 908 g/mol. The molecule has 0 fully saturated rings. The van der Waals surface area contributed by atoms with Crippen LogP contribution in [0.15, 0.2) is 188 Å². The Morgan fingerprint density at radius 1 is 0.293 bits per heavy atom. The van der Waals surface area contributed by atoms with Gasteiger partial charge < -0.3 is 18.9 Å². The molecule has 0 saturated carbocycles. The van der Waals surface area contributed by atoms with Gasteiger partial charge in [-0.15, -0.1) is 0 Å². The fraction of sp³-hybridized carbons (Fsp3) is 0.229. The van der Waals surface area contributed by atoms with Crippen LogP contribution in [0.4, 0.5) is 34.1 Å². The largest absolute Gasteiger partial charge is 0.311 e. The first-order valence-corrected chi connectivity index (χ1v) is 27.1. The van der Waals surface area contributed by atoms with Crippen molar-refractivity contribution in [3.8, 4) is 11.4 Å². The Balaban J connectivity index is 1.15. The van der Waals surface area contributed by atoms with Crippen molar-refractivity contribution in [1.82, 2.24) is 9.13 Å². The number of fused-ring (bicyclic) bond motifs is 10. The van der Waals surface area contributed by atoms with Crippen LogP contribution in [0.5, 0.6) is 0 Å². The molecule has 9 aromatic carbocycles. The maximum Gasteiger partial charge on any atom is 0.252 e. The normalized spacial score (nSPS) is 13.8. The summed E-state index contributed by atoms with van der Waals surface area (Å²) >= 11 is 0. The van der Waals surface area contributed by atoms with Gasteiger partial charge in [0.05, 0.1) is 22.1 Å². The van der Waals surface area contributed by atoms with Crippen molar-refractivity contribution in [1.29, 1.82) is 0 Å². The van der Waals surface area contributed by atoms with Crippen LogP contribution >= 0.6 is 0 Å². The van der Waals surface area contributed by atoms with Gasteiger partial charge in [-0.25, -0.2) is 0 Å². The zero-order valence-corrected chi connectivity index (χ0v) is 45.8. The van der Waals surface area contributed by atoms with E-state index in [4.69, 9.17) is 0 Å². The van der Waals surface area contributed by atoms with E-state index in [9.17, 15) is 0 Å². The predicted molar refractivity (Wildman–Crippen MR) is 324 cm³/mol. The highest BCUT2D eigenvalue weighted by Gasteiger charge is 2.45. The van der Waals surface area contributed by atoms with Crippen LogP contribution in [0.25, 0.3) is 55.0 Å². The molecule has 0 N–H and O–H groups in total. The van der Waals surface area contributed by atoms with Gasteiger partial charge in [0.15, 0.2) is 0 Å². The van der Waals surface area contributed by atoms with Gasteiger partial charge in [0, 0.05) is 67.0 Å². The summed E-state index contributed by atoms with van der Waals surface area (Å²) in [6, 6.07) is 71.8. The van der Waals surface area contributed by atoms with Crippen molar-refractivity contribution in [2.45, 2.75) is 105 Å². The van der Waals surface area contributed by atoms with Gasteiger partial charge in [0.1, 0.15) is 0 Å². The van der Waals surface area contributed by atoms with Crippen molar-refractivity contribution in [2.75, 3.05) is 9.80 Å². The number of para-hydroxylation sites is 6. The van der Waals surface area contributed by atoms with Gasteiger partial charge in [-0.1, -0.05) is 210 Å². The fourth-order valence-electron chi connectivity index (χ4n) is 13.1. The van der Waals surface area contributed by atoms with Crippen molar-refractivity contribution in [3.05, 3.63) is 210 Å². The number of hydrogen-bond donors (Lipinski definition) is 0. The van der Waals surface area contributed by atoms with Crippen LogP contribution in [-0.4, -0.2) is 15.8 Å². The van der Waals surface area contributed by atoms with Crippen LogP contribution < -0.4 is 26.2 Å². The number of hydrogen-bond acceptors (Lipinski definition) is 2. The van der Waals surface area contributed by atoms with Crippen LogP contribution in [0.1, 0.15) is 105 Å². The molecule has 0 bridgehead atoms. The quantitative estimate of drug-likeness (QED) is 0.163. The van der Waals surface area contributed by atoms with E-state index in [-0.39, 0.29) is 28.4 Å². The molecule has 2 aliphatic heterocycles. The first-order valence-electron chi connectivity index (χ1n) is 27.1. The van der Waals surface area contributed by atoms with E-state index in [0.717, 1.165) is 11.4 Å². The van der Waals surface area contributed by atoms with Gasteiger partial charge in [0.25, 0.3) is 6.71 Å². The average Bonchev–Trinajstić information content (AvgIpc) is 3.90. The van der Waals surface area contributed by atoms with E-state index >= 15 is 0 Å². The fourth-order valence-corrected chi connectivity index (χ4v) is 13.1. The zero-order chi connectivity index (χ0) is 52.1. The Morgan fingerprint density at radius 2 is 0.627 bits per heavy atom. The lowest BCUT2D eigenvalue weighted by molar-refractivity contribution is 0.591. The molecular formula is C70H67BN4. The first-order chi connectivity index (χ1) is 35.8. The zero-order valence-electron chi connectivity index (χ0n) is 45.8. The summed E-state index contributed by atoms with van der Waals surface area (Å²) in [5.41, 5.74) is 23.3. The Labute approximate surface area is 444 Å². The van der Waals surface area contributed by atoms with Crippen molar-refractivity contribution in [3.63, 3.8) is 0 Å².